The summed E-state index contributed by atoms with van der Waals surface area (Å²) in [6.45, 7) is 0. The smallest absolute Gasteiger partial charge is 0.181 e. The minimum Gasteiger partial charge on any atom is -0.309 e. The predicted molar refractivity (Wildman–Crippen MR) is 204 cm³/mol. The zero-order valence-corrected chi connectivity index (χ0v) is 27.8. The highest BCUT2D eigenvalue weighted by atomic mass is 32.4. The lowest BCUT2D eigenvalue weighted by atomic mass is 10.2. The average molecular weight is 640 g/mol. The lowest BCUT2D eigenvalue weighted by Gasteiger charge is -2.45. The fourth-order valence-electron chi connectivity index (χ4n) is 7.86. The summed E-state index contributed by atoms with van der Waals surface area (Å²) in [5.41, 5.74) is 3.61. The van der Waals surface area contributed by atoms with Crippen LogP contribution >= 0.6 is 6.04 Å². The molecule has 9 rings (SSSR count). The second-order valence-electron chi connectivity index (χ2n) is 12.0. The Bertz CT molecular complexity index is 2360. The topological polar surface area (TPSA) is 4.93 Å². The van der Waals surface area contributed by atoms with Crippen LogP contribution in [0.5, 0.6) is 0 Å². The zero-order valence-electron chi connectivity index (χ0n) is 25.1. The normalized spacial score (nSPS) is 16.6. The Labute approximate surface area is 275 Å². The van der Waals surface area contributed by atoms with E-state index in [4.69, 9.17) is 11.8 Å². The van der Waals surface area contributed by atoms with Crippen molar-refractivity contribution < 1.29 is 0 Å². The van der Waals surface area contributed by atoms with E-state index in [0.29, 0.717) is 0 Å². The van der Waals surface area contributed by atoms with Crippen molar-refractivity contribution in [1.82, 2.24) is 4.57 Å². The molecular weight excluding hydrogens is 610 g/mol. The van der Waals surface area contributed by atoms with Crippen molar-refractivity contribution in [3.8, 4) is 5.69 Å². The Hall–Kier alpha value is -4.79. The molecule has 0 N–H and O–H groups in total. The van der Waals surface area contributed by atoms with E-state index in [2.05, 4.69) is 187 Å². The van der Waals surface area contributed by atoms with Gasteiger partial charge in [0.1, 0.15) is 0 Å². The van der Waals surface area contributed by atoms with Gasteiger partial charge in [-0.2, -0.15) is 0 Å². The molecule has 1 aliphatic rings. The Balaban J connectivity index is 1.48. The fraction of sp³-hybridized carbons (Fsp3) is 0. The molecule has 1 unspecified atom stereocenters. The Morgan fingerprint density at radius 1 is 0.435 bits per heavy atom. The van der Waals surface area contributed by atoms with Crippen LogP contribution in [0.4, 0.5) is 0 Å². The molecule has 0 saturated heterocycles. The largest absolute Gasteiger partial charge is 0.309 e. The molecule has 0 saturated carbocycles. The van der Waals surface area contributed by atoms with Gasteiger partial charge in [0, 0.05) is 22.5 Å². The maximum Gasteiger partial charge on any atom is 0.181 e. The van der Waals surface area contributed by atoms with Crippen LogP contribution in [0.15, 0.2) is 182 Å². The number of benzene rings is 7. The zero-order chi connectivity index (χ0) is 30.7. The number of rotatable bonds is 4. The summed E-state index contributed by atoms with van der Waals surface area (Å²) in [6, 6.07) is 64.9. The predicted octanol–water partition coefficient (Wildman–Crippen LogP) is 6.23. The summed E-state index contributed by atoms with van der Waals surface area (Å²) >= 11 is 7.06. The fourth-order valence-corrected chi connectivity index (χ4v) is 19.4. The monoisotopic (exact) mass is 639 g/mol. The number of aromatic nitrogens is 1. The molecular formula is C42H30NPSSi. The van der Waals surface area contributed by atoms with Crippen LogP contribution in [-0.2, 0) is 11.8 Å². The van der Waals surface area contributed by atoms with Crippen molar-refractivity contribution in [2.24, 2.45) is 0 Å². The highest BCUT2D eigenvalue weighted by Crippen LogP contribution is 2.45. The quantitative estimate of drug-likeness (QED) is 0.163. The van der Waals surface area contributed by atoms with Gasteiger partial charge in [0.2, 0.25) is 0 Å². The minimum absolute atomic E-state index is 1.17. The molecule has 4 heteroatoms. The van der Waals surface area contributed by atoms with E-state index in [1.807, 2.05) is 0 Å². The molecule has 8 aromatic rings. The highest BCUT2D eigenvalue weighted by molar-refractivity contribution is 8.26. The molecule has 0 radical (unpaired) electrons. The molecule has 7 aromatic carbocycles. The lowest BCUT2D eigenvalue weighted by Crippen LogP contribution is -2.82. The van der Waals surface area contributed by atoms with E-state index in [9.17, 15) is 0 Å². The molecule has 46 heavy (non-hydrogen) atoms. The van der Waals surface area contributed by atoms with E-state index >= 15 is 0 Å². The Kier molecular flexibility index (Phi) is 6.36. The minimum atomic E-state index is -2.83. The van der Waals surface area contributed by atoms with Crippen LogP contribution in [0.25, 0.3) is 27.5 Å². The van der Waals surface area contributed by atoms with Crippen molar-refractivity contribution in [3.63, 3.8) is 0 Å². The van der Waals surface area contributed by atoms with Gasteiger partial charge in [-0.05, 0) is 60.9 Å². The summed E-state index contributed by atoms with van der Waals surface area (Å²) in [5, 5.41) is 12.0. The van der Waals surface area contributed by atoms with Gasteiger partial charge in [-0.15, -0.1) is 0 Å². The van der Waals surface area contributed by atoms with Gasteiger partial charge in [-0.25, -0.2) is 0 Å². The van der Waals surface area contributed by atoms with Crippen LogP contribution in [0, 0.1) is 0 Å². The number of para-hydroxylation sites is 2. The number of hydrogen-bond acceptors (Lipinski definition) is 1. The first-order valence-corrected chi connectivity index (χ1v) is 20.5. The summed E-state index contributed by atoms with van der Waals surface area (Å²) in [7, 11) is -2.83. The van der Waals surface area contributed by atoms with Gasteiger partial charge >= 0.3 is 0 Å². The third-order valence-corrected chi connectivity index (χ3v) is 20.0. The van der Waals surface area contributed by atoms with E-state index in [0.717, 1.165) is 0 Å². The van der Waals surface area contributed by atoms with Crippen LogP contribution in [-0.4, -0.2) is 12.6 Å². The second-order valence-corrected chi connectivity index (χ2v) is 20.1. The molecule has 2 heterocycles. The molecule has 0 aliphatic carbocycles. The summed E-state index contributed by atoms with van der Waals surface area (Å²) in [4.78, 5) is 0. The van der Waals surface area contributed by atoms with E-state index in [1.165, 1.54) is 64.2 Å². The summed E-state index contributed by atoms with van der Waals surface area (Å²) in [5.74, 6) is 0. The second kappa shape index (κ2) is 10.6. The van der Waals surface area contributed by atoms with Gasteiger partial charge in [0.25, 0.3) is 0 Å². The summed E-state index contributed by atoms with van der Waals surface area (Å²) in [6.07, 6.45) is 0. The molecule has 0 fully saturated rings. The van der Waals surface area contributed by atoms with Crippen LogP contribution in [0.1, 0.15) is 0 Å². The molecule has 0 bridgehead atoms. The van der Waals surface area contributed by atoms with Gasteiger partial charge in [0.05, 0.1) is 11.0 Å². The van der Waals surface area contributed by atoms with Crippen LogP contribution in [0.2, 0.25) is 0 Å². The van der Waals surface area contributed by atoms with Crippen molar-refractivity contribution in [3.05, 3.63) is 182 Å². The Morgan fingerprint density at radius 2 is 0.913 bits per heavy atom. The standard InChI is InChI=1S/C42H30NPSSi/c45-44(32-16-4-1-5-17-32)39-26-14-15-27-41(39)46(33-18-6-2-7-19-33,34-20-8-3-9-21-34)42-30-31(28-29-40(42)44)43-37-24-12-10-22-35(37)36-23-11-13-25-38(36)43/h1-30H. The third kappa shape index (κ3) is 3.77. The number of fused-ring (bicyclic) bond motifs is 5. The van der Waals surface area contributed by atoms with Crippen LogP contribution in [0.3, 0.4) is 0 Å². The van der Waals surface area contributed by atoms with Gasteiger partial charge in [0.15, 0.2) is 8.07 Å². The first-order chi connectivity index (χ1) is 22.7. The van der Waals surface area contributed by atoms with E-state index in [-0.39, 0.29) is 0 Å². The average Bonchev–Trinajstić information content (AvgIpc) is 3.47. The molecule has 0 spiro atoms. The first-order valence-electron chi connectivity index (χ1n) is 15.7. The molecule has 218 valence electrons. The first kappa shape index (κ1) is 27.5. The SMILES string of the molecule is S=P1(c2ccccc2)c2ccccc2[Si](c2ccccc2)(c2ccccc2)c2cc(-n3c4ccccc4c4ccccc43)ccc21. The van der Waals surface area contributed by atoms with Crippen molar-refractivity contribution in [1.29, 1.82) is 0 Å². The molecule has 1 nitrogen and oxygen atoms in total. The van der Waals surface area contributed by atoms with Crippen molar-refractivity contribution in [2.45, 2.75) is 0 Å². The van der Waals surface area contributed by atoms with E-state index < -0.39 is 14.1 Å². The number of hydrogen-bond donors (Lipinski definition) is 0. The maximum atomic E-state index is 7.06. The lowest BCUT2D eigenvalue weighted by molar-refractivity contribution is 1.18. The molecule has 1 aromatic heterocycles. The van der Waals surface area contributed by atoms with Gasteiger partial charge < -0.3 is 4.57 Å². The van der Waals surface area contributed by atoms with Crippen LogP contribution < -0.4 is 36.7 Å². The van der Waals surface area contributed by atoms with Crippen molar-refractivity contribution >= 4 is 84.4 Å². The molecule has 0 amide bonds. The molecule has 1 atom stereocenters. The van der Waals surface area contributed by atoms with Gasteiger partial charge in [-0.1, -0.05) is 170 Å². The molecule has 1 aliphatic heterocycles. The van der Waals surface area contributed by atoms with Gasteiger partial charge in [-0.3, -0.25) is 0 Å². The van der Waals surface area contributed by atoms with Crippen molar-refractivity contribution in [2.75, 3.05) is 0 Å². The van der Waals surface area contributed by atoms with E-state index in [1.54, 1.807) is 0 Å². The highest BCUT2D eigenvalue weighted by Gasteiger charge is 2.51. The number of nitrogens with zero attached hydrogens (tertiary/aromatic N) is 1. The summed E-state index contributed by atoms with van der Waals surface area (Å²) < 4.78 is 2.45. The Morgan fingerprint density at radius 3 is 1.52 bits per heavy atom. The third-order valence-electron chi connectivity index (χ3n) is 9.74. The maximum absolute atomic E-state index is 7.06.